The van der Waals surface area contributed by atoms with Crippen molar-refractivity contribution in [1.82, 2.24) is 10.6 Å². The Morgan fingerprint density at radius 2 is 1.74 bits per heavy atom. The average molecular weight is 436 g/mol. The molecule has 0 spiro atoms. The van der Waals surface area contributed by atoms with Gasteiger partial charge in [-0.25, -0.2) is 4.79 Å². The van der Waals surface area contributed by atoms with Crippen LogP contribution in [0.25, 0.3) is 0 Å². The van der Waals surface area contributed by atoms with E-state index in [4.69, 9.17) is 15.2 Å². The lowest BCUT2D eigenvalue weighted by atomic mass is 9.97. The summed E-state index contributed by atoms with van der Waals surface area (Å²) in [4.78, 5) is 47.0. The second-order valence-corrected chi connectivity index (χ2v) is 7.23. The summed E-state index contributed by atoms with van der Waals surface area (Å²) in [6, 6.07) is 8.45. The zero-order valence-electron chi connectivity index (χ0n) is 18.2. The Kier molecular flexibility index (Phi) is 12.4. The summed E-state index contributed by atoms with van der Waals surface area (Å²) < 4.78 is 9.97. The van der Waals surface area contributed by atoms with Gasteiger partial charge in [0.15, 0.2) is 0 Å². The maximum absolute atomic E-state index is 12.1. The quantitative estimate of drug-likeness (QED) is 0.302. The van der Waals surface area contributed by atoms with Crippen molar-refractivity contribution < 1.29 is 28.7 Å². The summed E-state index contributed by atoms with van der Waals surface area (Å²) >= 11 is 0. The van der Waals surface area contributed by atoms with Crippen molar-refractivity contribution in [2.45, 2.75) is 58.6 Å². The molecule has 0 aliphatic rings. The van der Waals surface area contributed by atoms with Gasteiger partial charge in [0.2, 0.25) is 11.8 Å². The molecule has 3 amide bonds. The number of benzene rings is 1. The summed E-state index contributed by atoms with van der Waals surface area (Å²) in [5, 5.41) is 5.26. The van der Waals surface area contributed by atoms with Gasteiger partial charge in [0.1, 0.15) is 12.6 Å². The number of unbranched alkanes of at least 4 members (excludes halogenated alkanes) is 2. The molecule has 0 fully saturated rings. The van der Waals surface area contributed by atoms with E-state index in [1.807, 2.05) is 30.3 Å². The van der Waals surface area contributed by atoms with Crippen molar-refractivity contribution in [1.29, 1.82) is 0 Å². The van der Waals surface area contributed by atoms with Gasteiger partial charge in [0.05, 0.1) is 13.0 Å². The van der Waals surface area contributed by atoms with Crippen molar-refractivity contribution in [3.8, 4) is 0 Å². The highest BCUT2D eigenvalue weighted by atomic mass is 16.5. The maximum atomic E-state index is 12.1. The highest BCUT2D eigenvalue weighted by molar-refractivity contribution is 5.87. The molecule has 1 rings (SSSR count). The molecule has 0 unspecified atom stereocenters. The highest BCUT2D eigenvalue weighted by Gasteiger charge is 2.26. The molecule has 2 atom stereocenters. The number of hydrogen-bond donors (Lipinski definition) is 3. The fraction of sp³-hybridized carbons (Fsp3) is 0.545. The molecule has 0 heterocycles. The van der Waals surface area contributed by atoms with Crippen LogP contribution in [0.15, 0.2) is 30.3 Å². The first-order valence-corrected chi connectivity index (χ1v) is 10.5. The molecule has 0 aliphatic carbocycles. The van der Waals surface area contributed by atoms with Gasteiger partial charge in [0.25, 0.3) is 0 Å². The number of esters is 1. The minimum absolute atomic E-state index is 0.00618. The predicted molar refractivity (Wildman–Crippen MR) is 115 cm³/mol. The van der Waals surface area contributed by atoms with Crippen LogP contribution in [0.2, 0.25) is 0 Å². The lowest BCUT2D eigenvalue weighted by Crippen LogP contribution is -2.48. The normalized spacial score (nSPS) is 12.3. The SMILES string of the molecule is CCOC(=O)C[C@@H](C)[C@@H](NC(=O)CCCCCNC(=O)OCc1ccccc1)C(N)=O. The molecule has 4 N–H and O–H groups in total. The van der Waals surface area contributed by atoms with Gasteiger partial charge in [-0.15, -0.1) is 0 Å². The largest absolute Gasteiger partial charge is 0.466 e. The Labute approximate surface area is 183 Å². The molecule has 0 aromatic heterocycles. The van der Waals surface area contributed by atoms with Crippen LogP contribution in [0.4, 0.5) is 4.79 Å². The second kappa shape index (κ2) is 14.8. The Balaban J connectivity index is 2.18. The van der Waals surface area contributed by atoms with Gasteiger partial charge in [0, 0.05) is 13.0 Å². The summed E-state index contributed by atoms with van der Waals surface area (Å²) in [6.07, 6.45) is 1.71. The number of rotatable bonds is 14. The van der Waals surface area contributed by atoms with E-state index in [-0.39, 0.29) is 32.0 Å². The van der Waals surface area contributed by atoms with Crippen molar-refractivity contribution in [3.05, 3.63) is 35.9 Å². The molecule has 1 aromatic carbocycles. The summed E-state index contributed by atoms with van der Waals surface area (Å²) in [6.45, 7) is 4.26. The van der Waals surface area contributed by atoms with Gasteiger partial charge < -0.3 is 25.8 Å². The lowest BCUT2D eigenvalue weighted by Gasteiger charge is -2.21. The van der Waals surface area contributed by atoms with Crippen LogP contribution in [0, 0.1) is 5.92 Å². The molecule has 0 saturated heterocycles. The molecule has 9 heteroatoms. The van der Waals surface area contributed by atoms with Crippen LogP contribution >= 0.6 is 0 Å². The number of nitrogens with one attached hydrogen (secondary N) is 2. The molecule has 1 aromatic rings. The number of amides is 3. The van der Waals surface area contributed by atoms with Crippen LogP contribution in [0.1, 0.15) is 51.5 Å². The van der Waals surface area contributed by atoms with Crippen LogP contribution < -0.4 is 16.4 Å². The Morgan fingerprint density at radius 3 is 2.39 bits per heavy atom. The van der Waals surface area contributed by atoms with Crippen molar-refractivity contribution >= 4 is 23.9 Å². The average Bonchev–Trinajstić information content (AvgIpc) is 2.73. The first-order chi connectivity index (χ1) is 14.8. The first kappa shape index (κ1) is 25.9. The van der Waals surface area contributed by atoms with E-state index in [9.17, 15) is 19.2 Å². The van der Waals surface area contributed by atoms with Crippen molar-refractivity contribution in [2.24, 2.45) is 11.7 Å². The third-order valence-electron chi connectivity index (χ3n) is 4.55. The van der Waals surface area contributed by atoms with Gasteiger partial charge in [-0.1, -0.05) is 43.7 Å². The Bertz CT molecular complexity index is 710. The first-order valence-electron chi connectivity index (χ1n) is 10.5. The van der Waals surface area contributed by atoms with Crippen molar-refractivity contribution in [2.75, 3.05) is 13.2 Å². The number of nitrogens with two attached hydrogens (primary N) is 1. The Hall–Kier alpha value is -3.10. The minimum atomic E-state index is -0.932. The third kappa shape index (κ3) is 11.6. The third-order valence-corrected chi connectivity index (χ3v) is 4.55. The number of alkyl carbamates (subject to hydrolysis) is 1. The van der Waals surface area contributed by atoms with Crippen molar-refractivity contribution in [3.63, 3.8) is 0 Å². The smallest absolute Gasteiger partial charge is 0.407 e. The summed E-state index contributed by atoms with van der Waals surface area (Å²) in [5.41, 5.74) is 6.27. The van der Waals surface area contributed by atoms with Gasteiger partial charge >= 0.3 is 12.1 Å². The molecule has 31 heavy (non-hydrogen) atoms. The number of ether oxygens (including phenoxy) is 2. The van der Waals surface area contributed by atoms with E-state index in [0.29, 0.717) is 25.8 Å². The molecule has 0 radical (unpaired) electrons. The fourth-order valence-electron chi connectivity index (χ4n) is 2.89. The van der Waals surface area contributed by atoms with Gasteiger partial charge in [-0.2, -0.15) is 0 Å². The van der Waals surface area contributed by atoms with Gasteiger partial charge in [-0.05, 0) is 31.2 Å². The second-order valence-electron chi connectivity index (χ2n) is 7.23. The van der Waals surface area contributed by atoms with E-state index < -0.39 is 29.9 Å². The maximum Gasteiger partial charge on any atom is 0.407 e. The van der Waals surface area contributed by atoms with E-state index >= 15 is 0 Å². The molecule has 9 nitrogen and oxygen atoms in total. The number of carbonyl (C=O) groups excluding carboxylic acids is 4. The highest BCUT2D eigenvalue weighted by Crippen LogP contribution is 2.10. The van der Waals surface area contributed by atoms with E-state index in [1.54, 1.807) is 13.8 Å². The predicted octanol–water partition coefficient (Wildman–Crippen LogP) is 2.03. The number of carbonyl (C=O) groups is 4. The molecular formula is C22H33N3O6. The monoisotopic (exact) mass is 435 g/mol. The summed E-state index contributed by atoms with van der Waals surface area (Å²) in [7, 11) is 0. The molecule has 0 bridgehead atoms. The summed E-state index contributed by atoms with van der Waals surface area (Å²) in [5.74, 6) is -1.91. The Morgan fingerprint density at radius 1 is 1.03 bits per heavy atom. The number of hydrogen-bond acceptors (Lipinski definition) is 6. The van der Waals surface area contributed by atoms with Crippen LogP contribution in [-0.2, 0) is 30.5 Å². The standard InChI is InChI=1S/C22H33N3O6/c1-3-30-19(27)14-16(2)20(21(23)28)25-18(26)12-8-5-9-13-24-22(29)31-15-17-10-6-4-7-11-17/h4,6-7,10-11,16,20H,3,5,8-9,12-15H2,1-2H3,(H2,23,28)(H,24,29)(H,25,26)/t16-,20-/m1/s1. The molecule has 0 saturated carbocycles. The van der Waals surface area contributed by atoms with Crippen LogP contribution in [0.3, 0.4) is 0 Å². The fourth-order valence-corrected chi connectivity index (χ4v) is 2.89. The van der Waals surface area contributed by atoms with E-state index in [1.165, 1.54) is 0 Å². The minimum Gasteiger partial charge on any atom is -0.466 e. The molecular weight excluding hydrogens is 402 g/mol. The zero-order valence-corrected chi connectivity index (χ0v) is 18.2. The lowest BCUT2D eigenvalue weighted by molar-refractivity contribution is -0.144. The van der Waals surface area contributed by atoms with Crippen LogP contribution in [-0.4, -0.2) is 43.1 Å². The molecule has 0 aliphatic heterocycles. The van der Waals surface area contributed by atoms with Crippen LogP contribution in [0.5, 0.6) is 0 Å². The van der Waals surface area contributed by atoms with E-state index in [0.717, 1.165) is 5.56 Å². The van der Waals surface area contributed by atoms with Gasteiger partial charge in [-0.3, -0.25) is 14.4 Å². The zero-order chi connectivity index (χ0) is 23.1. The van der Waals surface area contributed by atoms with E-state index in [2.05, 4.69) is 10.6 Å². The number of primary amides is 1. The molecule has 172 valence electrons. The topological polar surface area (TPSA) is 137 Å².